The van der Waals surface area contributed by atoms with Gasteiger partial charge in [-0.05, 0) is 20.3 Å². The Morgan fingerprint density at radius 3 is 2.24 bits per heavy atom. The maximum absolute atomic E-state index is 11.2. The van der Waals surface area contributed by atoms with Crippen LogP contribution in [-0.2, 0) is 9.59 Å². The molecule has 0 atom stereocenters. The highest BCUT2D eigenvalue weighted by Gasteiger charge is 2.26. The Bertz CT molecular complexity index is 533. The van der Waals surface area contributed by atoms with Gasteiger partial charge < -0.3 is 19.8 Å². The maximum atomic E-state index is 11.2. The van der Waals surface area contributed by atoms with Gasteiger partial charge in [-0.15, -0.1) is 11.3 Å². The highest BCUT2D eigenvalue weighted by Crippen LogP contribution is 2.36. The molecule has 1 heterocycles. The van der Waals surface area contributed by atoms with Crippen molar-refractivity contribution in [1.82, 2.24) is 0 Å². The average molecular weight is 313 g/mol. The van der Waals surface area contributed by atoms with Crippen molar-refractivity contribution >= 4 is 29.0 Å². The maximum Gasteiger partial charge on any atom is 0.344 e. The van der Waals surface area contributed by atoms with E-state index in [1.165, 1.54) is 11.3 Å². The van der Waals surface area contributed by atoms with Crippen LogP contribution in [0.25, 0.3) is 0 Å². The summed E-state index contributed by atoms with van der Waals surface area (Å²) in [6, 6.07) is 0. The molecule has 0 spiro atoms. The second-order valence-corrected chi connectivity index (χ2v) is 4.83. The largest absolute Gasteiger partial charge is 0.491 e. The number of rotatable bonds is 8. The number of hydrogen-bond donors (Lipinski definition) is 2. The van der Waals surface area contributed by atoms with Gasteiger partial charge in [0, 0.05) is 23.0 Å². The predicted molar refractivity (Wildman–Crippen MR) is 81.1 cm³/mol. The molecule has 7 heteroatoms. The van der Waals surface area contributed by atoms with Gasteiger partial charge in [-0.1, -0.05) is 6.92 Å². The van der Waals surface area contributed by atoms with Crippen molar-refractivity contribution in [3.63, 3.8) is 0 Å². The zero-order valence-corrected chi connectivity index (χ0v) is 13.1. The lowest BCUT2D eigenvalue weighted by molar-refractivity contribution is -0.140. The number of carboxylic acids is 2. The van der Waals surface area contributed by atoms with Gasteiger partial charge in [0.15, 0.2) is 11.3 Å². The number of carbonyl (C=O) groups is 2. The molecule has 0 unspecified atom stereocenters. The molecule has 1 rings (SSSR count). The summed E-state index contributed by atoms with van der Waals surface area (Å²) in [5, 5.41) is 22.0. The zero-order valence-electron chi connectivity index (χ0n) is 12.3. The lowest BCUT2D eigenvalue weighted by Gasteiger charge is -2.26. The van der Waals surface area contributed by atoms with Gasteiger partial charge in [-0.25, -0.2) is 9.59 Å². The van der Waals surface area contributed by atoms with Crippen LogP contribution in [0, 0.1) is 0 Å². The van der Waals surface area contributed by atoms with Gasteiger partial charge in [0.05, 0.1) is 12.3 Å². The van der Waals surface area contributed by atoms with E-state index in [1.807, 2.05) is 24.6 Å². The molecule has 21 heavy (non-hydrogen) atoms. The Hall–Kier alpha value is -2.02. The van der Waals surface area contributed by atoms with E-state index in [9.17, 15) is 9.59 Å². The second kappa shape index (κ2) is 7.68. The van der Waals surface area contributed by atoms with Crippen LogP contribution < -0.4 is 9.64 Å². The fourth-order valence-corrected chi connectivity index (χ4v) is 2.84. The molecule has 0 radical (unpaired) electrons. The van der Waals surface area contributed by atoms with Crippen LogP contribution >= 0.6 is 11.3 Å². The first-order chi connectivity index (χ1) is 9.97. The van der Waals surface area contributed by atoms with Crippen LogP contribution in [0.15, 0.2) is 22.0 Å². The van der Waals surface area contributed by atoms with Gasteiger partial charge in [-0.2, -0.15) is 0 Å². The molecule has 116 valence electrons. The van der Waals surface area contributed by atoms with E-state index in [-0.39, 0.29) is 5.70 Å². The van der Waals surface area contributed by atoms with E-state index >= 15 is 0 Å². The highest BCUT2D eigenvalue weighted by atomic mass is 32.1. The van der Waals surface area contributed by atoms with Crippen LogP contribution in [0.5, 0.6) is 5.75 Å². The summed E-state index contributed by atoms with van der Waals surface area (Å²) >= 11 is 1.42. The van der Waals surface area contributed by atoms with E-state index in [0.717, 1.165) is 0 Å². The Morgan fingerprint density at radius 1 is 1.19 bits per heavy atom. The average Bonchev–Trinajstić information content (AvgIpc) is 2.86. The van der Waals surface area contributed by atoms with Crippen LogP contribution in [0.4, 0.5) is 5.69 Å². The highest BCUT2D eigenvalue weighted by molar-refractivity contribution is 7.08. The number of anilines is 1. The molecule has 0 amide bonds. The minimum Gasteiger partial charge on any atom is -0.491 e. The van der Waals surface area contributed by atoms with Gasteiger partial charge in [0.2, 0.25) is 0 Å². The quantitative estimate of drug-likeness (QED) is 0.436. The van der Waals surface area contributed by atoms with Crippen LogP contribution in [0.1, 0.15) is 27.2 Å². The number of nitrogens with zero attached hydrogens (tertiary/aromatic N) is 1. The molecule has 1 aromatic rings. The smallest absolute Gasteiger partial charge is 0.344 e. The molecule has 0 aliphatic carbocycles. The second-order valence-electron chi connectivity index (χ2n) is 4.08. The molecule has 0 aromatic carbocycles. The van der Waals surface area contributed by atoms with Crippen molar-refractivity contribution in [2.24, 2.45) is 0 Å². The van der Waals surface area contributed by atoms with Crippen molar-refractivity contribution < 1.29 is 24.5 Å². The van der Waals surface area contributed by atoms with Gasteiger partial charge >= 0.3 is 11.9 Å². The van der Waals surface area contributed by atoms with Crippen molar-refractivity contribution in [2.45, 2.75) is 27.2 Å². The van der Waals surface area contributed by atoms with E-state index in [4.69, 9.17) is 14.9 Å². The Kier molecular flexibility index (Phi) is 6.23. The third-order valence-electron chi connectivity index (χ3n) is 2.89. The van der Waals surface area contributed by atoms with Gasteiger partial charge in [0.1, 0.15) is 0 Å². The first-order valence-corrected chi connectivity index (χ1v) is 7.58. The monoisotopic (exact) mass is 313 g/mol. The summed E-state index contributed by atoms with van der Waals surface area (Å²) in [7, 11) is 0. The normalized spacial score (nSPS) is 10.0. The Balaban J connectivity index is 3.40. The van der Waals surface area contributed by atoms with Crippen molar-refractivity contribution in [2.75, 3.05) is 18.1 Å². The molecule has 0 bridgehead atoms. The lowest BCUT2D eigenvalue weighted by Crippen LogP contribution is -2.28. The molecule has 0 saturated carbocycles. The minimum absolute atomic E-state index is 0.261. The van der Waals surface area contributed by atoms with E-state index < -0.39 is 17.5 Å². The lowest BCUT2D eigenvalue weighted by atomic mass is 10.1. The summed E-state index contributed by atoms with van der Waals surface area (Å²) < 4.78 is 5.51. The third-order valence-corrected chi connectivity index (χ3v) is 3.60. The van der Waals surface area contributed by atoms with E-state index in [2.05, 4.69) is 0 Å². The van der Waals surface area contributed by atoms with Gasteiger partial charge in [-0.3, -0.25) is 0 Å². The van der Waals surface area contributed by atoms with Gasteiger partial charge in [0.25, 0.3) is 0 Å². The molecule has 2 N–H and O–H groups in total. The van der Waals surface area contributed by atoms with Crippen LogP contribution in [-0.4, -0.2) is 35.3 Å². The topological polar surface area (TPSA) is 87.1 Å². The first-order valence-electron chi connectivity index (χ1n) is 6.64. The summed E-state index contributed by atoms with van der Waals surface area (Å²) in [6.45, 7) is 6.36. The van der Waals surface area contributed by atoms with E-state index in [0.29, 0.717) is 31.0 Å². The number of carboxylic acid groups (broad SMARTS) is 2. The number of ether oxygens (including phenoxy) is 1. The zero-order chi connectivity index (χ0) is 16.0. The fourth-order valence-electron chi connectivity index (χ4n) is 2.09. The molecule has 0 fully saturated rings. The summed E-state index contributed by atoms with van der Waals surface area (Å²) in [5.74, 6) is -2.25. The van der Waals surface area contributed by atoms with Crippen molar-refractivity contribution in [3.05, 3.63) is 22.0 Å². The first kappa shape index (κ1) is 17.0. The molecule has 0 saturated heterocycles. The number of thiophene rings is 1. The fraction of sp³-hybridized carbons (Fsp3) is 0.429. The molecule has 0 aliphatic rings. The number of aliphatic carboxylic acids is 2. The third kappa shape index (κ3) is 3.75. The molecule has 0 aliphatic heterocycles. The molecule has 6 nitrogen and oxygen atoms in total. The SMILES string of the molecule is CCOc1cscc1N(CC)C(CC)=C(C(=O)O)C(=O)O. The van der Waals surface area contributed by atoms with Crippen LogP contribution in [0.3, 0.4) is 0 Å². The standard InChI is InChI=1S/C14H19NO5S/c1-4-9(12(13(16)17)14(18)19)15(5-2)10-7-21-8-11(10)20-6-3/h7-8H,4-6H2,1-3H3,(H,16,17)(H,18,19). The molecule has 1 aromatic heterocycles. The molecular weight excluding hydrogens is 294 g/mol. The van der Waals surface area contributed by atoms with Crippen molar-refractivity contribution in [1.29, 1.82) is 0 Å². The summed E-state index contributed by atoms with van der Waals surface area (Å²) in [6.07, 6.45) is 0.295. The minimum atomic E-state index is -1.44. The predicted octanol–water partition coefficient (Wildman–Crippen LogP) is 2.81. The molecular formula is C14H19NO5S. The number of allylic oxidation sites excluding steroid dienone is 1. The Labute approximate surface area is 127 Å². The Morgan fingerprint density at radius 2 is 1.81 bits per heavy atom. The van der Waals surface area contributed by atoms with Crippen molar-refractivity contribution in [3.8, 4) is 5.75 Å². The van der Waals surface area contributed by atoms with E-state index in [1.54, 1.807) is 11.8 Å². The van der Waals surface area contributed by atoms with Crippen LogP contribution in [0.2, 0.25) is 0 Å². The summed E-state index contributed by atoms with van der Waals surface area (Å²) in [5.41, 5.74) is 0.353. The summed E-state index contributed by atoms with van der Waals surface area (Å²) in [4.78, 5) is 24.2. The number of hydrogen-bond acceptors (Lipinski definition) is 5.